The minimum absolute atomic E-state index is 0.148. The van der Waals surface area contributed by atoms with Gasteiger partial charge in [-0.2, -0.15) is 0 Å². The molecule has 0 aromatic carbocycles. The van der Waals surface area contributed by atoms with Crippen LogP contribution in [0.15, 0.2) is 22.8 Å². The standard InChI is InChI=1S/C15H20N2O5/c1-10(9-13(18)19)16-14(20)11-5-2-3-7-17(11)15(21)12-6-4-8-22-12/h4,6,8,10-11H,2-3,5,7,9H2,1H3,(H,16,20)(H,18,19). The number of amides is 2. The van der Waals surface area contributed by atoms with Crippen LogP contribution in [0.5, 0.6) is 0 Å². The summed E-state index contributed by atoms with van der Waals surface area (Å²) in [4.78, 5) is 36.9. The molecule has 1 aromatic heterocycles. The molecule has 2 amide bonds. The smallest absolute Gasteiger partial charge is 0.305 e. The molecule has 2 heterocycles. The van der Waals surface area contributed by atoms with Crippen LogP contribution in [0.3, 0.4) is 0 Å². The summed E-state index contributed by atoms with van der Waals surface area (Å²) in [6.45, 7) is 2.12. The first-order valence-electron chi connectivity index (χ1n) is 7.35. The molecule has 1 saturated heterocycles. The van der Waals surface area contributed by atoms with Crippen molar-refractivity contribution in [2.75, 3.05) is 6.54 Å². The van der Waals surface area contributed by atoms with Gasteiger partial charge in [-0.1, -0.05) is 0 Å². The van der Waals surface area contributed by atoms with Gasteiger partial charge in [-0.15, -0.1) is 0 Å². The molecular formula is C15H20N2O5. The van der Waals surface area contributed by atoms with Gasteiger partial charge in [-0.3, -0.25) is 14.4 Å². The zero-order chi connectivity index (χ0) is 16.1. The molecule has 1 aliphatic rings. The zero-order valence-corrected chi connectivity index (χ0v) is 12.4. The van der Waals surface area contributed by atoms with Crippen molar-refractivity contribution in [1.82, 2.24) is 10.2 Å². The highest BCUT2D eigenvalue weighted by molar-refractivity contribution is 5.95. The van der Waals surface area contributed by atoms with E-state index in [0.717, 1.165) is 12.8 Å². The Hall–Kier alpha value is -2.31. The van der Waals surface area contributed by atoms with E-state index in [1.807, 2.05) is 0 Å². The zero-order valence-electron chi connectivity index (χ0n) is 12.4. The summed E-state index contributed by atoms with van der Waals surface area (Å²) in [5.41, 5.74) is 0. The van der Waals surface area contributed by atoms with Gasteiger partial charge in [0, 0.05) is 12.6 Å². The fourth-order valence-corrected chi connectivity index (χ4v) is 2.64. The Morgan fingerprint density at radius 2 is 2.23 bits per heavy atom. The Morgan fingerprint density at radius 1 is 1.45 bits per heavy atom. The Balaban J connectivity index is 2.04. The number of furan rings is 1. The molecule has 120 valence electrons. The molecule has 2 N–H and O–H groups in total. The van der Waals surface area contributed by atoms with Crippen LogP contribution in [0.4, 0.5) is 0 Å². The number of carboxylic acid groups (broad SMARTS) is 1. The molecule has 1 aliphatic heterocycles. The van der Waals surface area contributed by atoms with Crippen LogP contribution < -0.4 is 5.32 Å². The van der Waals surface area contributed by atoms with Gasteiger partial charge >= 0.3 is 5.97 Å². The molecule has 0 aliphatic carbocycles. The molecule has 0 saturated carbocycles. The van der Waals surface area contributed by atoms with Crippen LogP contribution in [0.25, 0.3) is 0 Å². The van der Waals surface area contributed by atoms with E-state index in [1.54, 1.807) is 19.1 Å². The van der Waals surface area contributed by atoms with Crippen molar-refractivity contribution in [3.8, 4) is 0 Å². The lowest BCUT2D eigenvalue weighted by Gasteiger charge is -2.34. The third-order valence-corrected chi connectivity index (χ3v) is 3.67. The first kappa shape index (κ1) is 16.1. The number of hydrogen-bond donors (Lipinski definition) is 2. The topological polar surface area (TPSA) is 99.9 Å². The summed E-state index contributed by atoms with van der Waals surface area (Å²) in [7, 11) is 0. The second kappa shape index (κ2) is 7.11. The van der Waals surface area contributed by atoms with Crippen LogP contribution in [0, 0.1) is 0 Å². The number of hydrogen-bond acceptors (Lipinski definition) is 4. The predicted molar refractivity (Wildman–Crippen MR) is 77.2 cm³/mol. The second-order valence-electron chi connectivity index (χ2n) is 5.49. The van der Waals surface area contributed by atoms with Crippen molar-refractivity contribution in [2.45, 2.75) is 44.7 Å². The van der Waals surface area contributed by atoms with Gasteiger partial charge < -0.3 is 19.7 Å². The van der Waals surface area contributed by atoms with E-state index in [2.05, 4.69) is 5.32 Å². The number of aliphatic carboxylic acids is 1. The number of piperidine rings is 1. The summed E-state index contributed by atoms with van der Waals surface area (Å²) in [5, 5.41) is 11.4. The highest BCUT2D eigenvalue weighted by Crippen LogP contribution is 2.20. The molecule has 1 fully saturated rings. The highest BCUT2D eigenvalue weighted by atomic mass is 16.4. The normalized spacial score (nSPS) is 19.5. The lowest BCUT2D eigenvalue weighted by molar-refractivity contribution is -0.137. The van der Waals surface area contributed by atoms with Crippen LogP contribution in [0.2, 0.25) is 0 Å². The predicted octanol–water partition coefficient (Wildman–Crippen LogP) is 1.25. The quantitative estimate of drug-likeness (QED) is 0.853. The van der Waals surface area contributed by atoms with Crippen LogP contribution in [-0.2, 0) is 9.59 Å². The number of carbonyl (C=O) groups is 3. The Morgan fingerprint density at radius 3 is 2.86 bits per heavy atom. The maximum absolute atomic E-state index is 12.4. The summed E-state index contributed by atoms with van der Waals surface area (Å²) >= 11 is 0. The number of carboxylic acids is 1. The lowest BCUT2D eigenvalue weighted by atomic mass is 10.0. The summed E-state index contributed by atoms with van der Waals surface area (Å²) in [5.74, 6) is -1.39. The fraction of sp³-hybridized carbons (Fsp3) is 0.533. The van der Waals surface area contributed by atoms with Crippen molar-refractivity contribution < 1.29 is 23.9 Å². The van der Waals surface area contributed by atoms with E-state index in [9.17, 15) is 14.4 Å². The van der Waals surface area contributed by atoms with Gasteiger partial charge in [-0.05, 0) is 38.3 Å². The van der Waals surface area contributed by atoms with E-state index in [-0.39, 0.29) is 24.0 Å². The Kier molecular flexibility index (Phi) is 5.19. The molecule has 0 bridgehead atoms. The first-order valence-corrected chi connectivity index (χ1v) is 7.35. The number of rotatable bonds is 5. The van der Waals surface area contributed by atoms with Crippen molar-refractivity contribution >= 4 is 17.8 Å². The second-order valence-corrected chi connectivity index (χ2v) is 5.49. The van der Waals surface area contributed by atoms with Gasteiger partial charge in [0.05, 0.1) is 12.7 Å². The lowest BCUT2D eigenvalue weighted by Crippen LogP contribution is -2.53. The molecular weight excluding hydrogens is 288 g/mol. The average molecular weight is 308 g/mol. The molecule has 22 heavy (non-hydrogen) atoms. The SMILES string of the molecule is CC(CC(=O)O)NC(=O)C1CCCCN1C(=O)c1ccco1. The molecule has 0 radical (unpaired) electrons. The highest BCUT2D eigenvalue weighted by Gasteiger charge is 2.34. The van der Waals surface area contributed by atoms with Crippen molar-refractivity contribution in [1.29, 1.82) is 0 Å². The number of carbonyl (C=O) groups excluding carboxylic acids is 2. The summed E-state index contributed by atoms with van der Waals surface area (Å²) < 4.78 is 5.11. The number of nitrogens with zero attached hydrogens (tertiary/aromatic N) is 1. The molecule has 7 nitrogen and oxygen atoms in total. The van der Waals surface area contributed by atoms with Gasteiger partial charge in [0.2, 0.25) is 5.91 Å². The molecule has 2 rings (SSSR count). The minimum Gasteiger partial charge on any atom is -0.481 e. The number of nitrogens with one attached hydrogen (secondary N) is 1. The molecule has 0 spiro atoms. The average Bonchev–Trinajstić information content (AvgIpc) is 2.99. The van der Waals surface area contributed by atoms with Crippen LogP contribution in [0.1, 0.15) is 43.2 Å². The third kappa shape index (κ3) is 3.87. The van der Waals surface area contributed by atoms with E-state index in [0.29, 0.717) is 13.0 Å². The van der Waals surface area contributed by atoms with Crippen molar-refractivity contribution in [2.24, 2.45) is 0 Å². The van der Waals surface area contributed by atoms with E-state index in [1.165, 1.54) is 11.2 Å². The van der Waals surface area contributed by atoms with E-state index >= 15 is 0 Å². The largest absolute Gasteiger partial charge is 0.481 e. The minimum atomic E-state index is -0.972. The van der Waals surface area contributed by atoms with Gasteiger partial charge in [0.25, 0.3) is 5.91 Å². The maximum Gasteiger partial charge on any atom is 0.305 e. The first-order chi connectivity index (χ1) is 10.5. The monoisotopic (exact) mass is 308 g/mol. The van der Waals surface area contributed by atoms with Crippen LogP contribution in [-0.4, -0.2) is 46.4 Å². The number of likely N-dealkylation sites (tertiary alicyclic amines) is 1. The molecule has 1 aromatic rings. The van der Waals surface area contributed by atoms with E-state index in [4.69, 9.17) is 9.52 Å². The summed E-state index contributed by atoms with van der Waals surface area (Å²) in [6, 6.07) is 2.13. The van der Waals surface area contributed by atoms with Crippen LogP contribution >= 0.6 is 0 Å². The molecule has 7 heteroatoms. The third-order valence-electron chi connectivity index (χ3n) is 3.67. The van der Waals surface area contributed by atoms with Gasteiger partial charge in [0.15, 0.2) is 5.76 Å². The molecule has 2 unspecified atom stereocenters. The Labute approximate surface area is 128 Å². The van der Waals surface area contributed by atoms with Gasteiger partial charge in [0.1, 0.15) is 6.04 Å². The summed E-state index contributed by atoms with van der Waals surface area (Å²) in [6.07, 6.45) is 3.53. The van der Waals surface area contributed by atoms with Gasteiger partial charge in [-0.25, -0.2) is 0 Å². The molecule has 2 atom stereocenters. The maximum atomic E-state index is 12.4. The van der Waals surface area contributed by atoms with E-state index < -0.39 is 18.1 Å². The Bertz CT molecular complexity index is 540. The fourth-order valence-electron chi connectivity index (χ4n) is 2.64. The van der Waals surface area contributed by atoms with Crippen molar-refractivity contribution in [3.05, 3.63) is 24.2 Å². The van der Waals surface area contributed by atoms with Crippen molar-refractivity contribution in [3.63, 3.8) is 0 Å².